The van der Waals surface area contributed by atoms with Gasteiger partial charge < -0.3 is 28.5 Å². The van der Waals surface area contributed by atoms with Crippen molar-refractivity contribution in [3.8, 4) is 0 Å². The van der Waals surface area contributed by atoms with Crippen LogP contribution in [0.5, 0.6) is 0 Å². The van der Waals surface area contributed by atoms with E-state index in [9.17, 15) is 19.0 Å². The summed E-state index contributed by atoms with van der Waals surface area (Å²) in [5.41, 5.74) is 0. The van der Waals surface area contributed by atoms with E-state index in [1.807, 2.05) is 33.3 Å². The van der Waals surface area contributed by atoms with Gasteiger partial charge in [0.2, 0.25) is 5.91 Å². The standard InChI is InChI=1S/C77H149N2O7P/c1-7-10-13-16-19-22-25-27-29-31-33-35-37-38-39-40-42-43-45-47-49-51-54-57-60-63-66-69-76(80)78-74(73-85-87(82,83)84-72-71-79(4,5)6)75(68-65-62-59-56-53-24-21-18-15-12-9-3)86-77(81)70-67-64-61-58-55-52-50-48-46-44-41-36-34-32-30-28-26-23-20-17-14-11-8-2/h20,23,28,30,65,68,74-75H,7-19,21-22,24-27,29,31-64,66-67,69-73H2,1-6H3,(H-,78,80,82,83)/b23-20-,30-28-,68-65+. The molecule has 0 bridgehead atoms. The van der Waals surface area contributed by atoms with Crippen molar-refractivity contribution < 1.29 is 37.3 Å². The molecule has 1 amide bonds. The minimum atomic E-state index is -4.70. The second kappa shape index (κ2) is 67.1. The van der Waals surface area contributed by atoms with Crippen LogP contribution in [0.15, 0.2) is 36.5 Å². The van der Waals surface area contributed by atoms with E-state index in [0.29, 0.717) is 17.4 Å². The third-order valence-electron chi connectivity index (χ3n) is 17.6. The van der Waals surface area contributed by atoms with Crippen LogP contribution >= 0.6 is 7.82 Å². The SMILES string of the molecule is CCCCC/C=C\C/C=C\CCCCCCCCCCCCCCCC(=O)OC(/C=C/CCCCCCCCCCC)C(COP(=O)([O-])OCC[N+](C)(C)C)NC(=O)CCCCCCCCCCCCCCCCCCCCCCCCCCCCC. The Morgan fingerprint density at radius 2 is 0.701 bits per heavy atom. The van der Waals surface area contributed by atoms with E-state index < -0.39 is 20.0 Å². The zero-order valence-corrected chi connectivity index (χ0v) is 59.9. The first-order chi connectivity index (χ1) is 42.4. The molecule has 9 nitrogen and oxygen atoms in total. The van der Waals surface area contributed by atoms with Gasteiger partial charge in [0.25, 0.3) is 7.82 Å². The average molecular weight is 1250 g/mol. The quantitative estimate of drug-likeness (QED) is 0.0212. The number of quaternary nitrogens is 1. The number of carbonyl (C=O) groups is 2. The molecule has 514 valence electrons. The van der Waals surface area contributed by atoms with Crippen LogP contribution in [0, 0.1) is 0 Å². The van der Waals surface area contributed by atoms with E-state index in [-0.39, 0.29) is 31.5 Å². The highest BCUT2D eigenvalue weighted by atomic mass is 31.2. The van der Waals surface area contributed by atoms with Crippen LogP contribution in [-0.2, 0) is 27.9 Å². The first-order valence-electron chi connectivity index (χ1n) is 38.3. The Morgan fingerprint density at radius 3 is 1.06 bits per heavy atom. The van der Waals surface area contributed by atoms with E-state index >= 15 is 0 Å². The number of nitrogens with one attached hydrogen (secondary N) is 1. The first kappa shape index (κ1) is 85.2. The molecule has 0 spiro atoms. The summed E-state index contributed by atoms with van der Waals surface area (Å²) in [5, 5.41) is 3.05. The number of phosphoric ester groups is 1. The highest BCUT2D eigenvalue weighted by Gasteiger charge is 2.27. The molecular formula is C77H149N2O7P. The Kier molecular flexibility index (Phi) is 65.8. The third-order valence-corrected chi connectivity index (χ3v) is 18.5. The van der Waals surface area contributed by atoms with Crippen LogP contribution in [0.1, 0.15) is 393 Å². The van der Waals surface area contributed by atoms with Gasteiger partial charge in [-0.1, -0.05) is 353 Å². The normalized spacial score (nSPS) is 13.6. The van der Waals surface area contributed by atoms with Crippen molar-refractivity contribution in [2.75, 3.05) is 40.9 Å². The number of esters is 1. The summed E-state index contributed by atoms with van der Waals surface area (Å²) >= 11 is 0. The summed E-state index contributed by atoms with van der Waals surface area (Å²) in [6.07, 6.45) is 84.3. The van der Waals surface area contributed by atoms with Crippen molar-refractivity contribution in [2.24, 2.45) is 0 Å². The topological polar surface area (TPSA) is 114 Å². The van der Waals surface area contributed by atoms with Gasteiger partial charge in [-0.05, 0) is 63.9 Å². The maximum absolute atomic E-state index is 13.6. The van der Waals surface area contributed by atoms with Gasteiger partial charge in [-0.15, -0.1) is 0 Å². The Bertz CT molecular complexity index is 1580. The highest BCUT2D eigenvalue weighted by Crippen LogP contribution is 2.38. The maximum Gasteiger partial charge on any atom is 0.306 e. The van der Waals surface area contributed by atoms with Crippen molar-refractivity contribution >= 4 is 19.7 Å². The van der Waals surface area contributed by atoms with Gasteiger partial charge in [0.15, 0.2) is 0 Å². The van der Waals surface area contributed by atoms with Crippen LogP contribution in [0.4, 0.5) is 0 Å². The van der Waals surface area contributed by atoms with Gasteiger partial charge in [-0.2, -0.15) is 0 Å². The minimum Gasteiger partial charge on any atom is -0.756 e. The summed E-state index contributed by atoms with van der Waals surface area (Å²) in [5.74, 6) is -0.520. The van der Waals surface area contributed by atoms with Gasteiger partial charge in [-0.25, -0.2) is 0 Å². The first-order valence-corrected chi connectivity index (χ1v) is 39.8. The fourth-order valence-electron chi connectivity index (χ4n) is 11.7. The number of phosphoric acid groups is 1. The van der Waals surface area contributed by atoms with Crippen LogP contribution < -0.4 is 10.2 Å². The zero-order chi connectivity index (χ0) is 63.5. The number of unbranched alkanes of at least 4 members (excludes halogenated alkanes) is 51. The summed E-state index contributed by atoms with van der Waals surface area (Å²) < 4.78 is 30.5. The van der Waals surface area contributed by atoms with Crippen LogP contribution in [0.3, 0.4) is 0 Å². The summed E-state index contributed by atoms with van der Waals surface area (Å²) in [6.45, 7) is 6.89. The molecule has 0 radical (unpaired) electrons. The van der Waals surface area contributed by atoms with E-state index in [1.165, 1.54) is 295 Å². The van der Waals surface area contributed by atoms with Gasteiger partial charge >= 0.3 is 5.97 Å². The number of hydrogen-bond donors (Lipinski definition) is 1. The lowest BCUT2D eigenvalue weighted by Gasteiger charge is -2.30. The monoisotopic (exact) mass is 1250 g/mol. The summed E-state index contributed by atoms with van der Waals surface area (Å²) in [7, 11) is 1.21. The molecule has 0 aromatic carbocycles. The third kappa shape index (κ3) is 68.4. The predicted octanol–water partition coefficient (Wildman–Crippen LogP) is 23.9. The molecule has 3 atom stereocenters. The van der Waals surface area contributed by atoms with Crippen molar-refractivity contribution in [1.82, 2.24) is 5.32 Å². The molecule has 0 fully saturated rings. The van der Waals surface area contributed by atoms with Crippen molar-refractivity contribution in [3.63, 3.8) is 0 Å². The van der Waals surface area contributed by atoms with Crippen LogP contribution in [0.2, 0.25) is 0 Å². The molecule has 0 aromatic rings. The van der Waals surface area contributed by atoms with Crippen molar-refractivity contribution in [1.29, 1.82) is 0 Å². The smallest absolute Gasteiger partial charge is 0.306 e. The fourth-order valence-corrected chi connectivity index (χ4v) is 12.4. The molecule has 0 saturated heterocycles. The van der Waals surface area contributed by atoms with E-state index in [2.05, 4.69) is 50.4 Å². The van der Waals surface area contributed by atoms with Crippen molar-refractivity contribution in [3.05, 3.63) is 36.5 Å². The lowest BCUT2D eigenvalue weighted by Crippen LogP contribution is -2.47. The molecule has 0 aliphatic rings. The largest absolute Gasteiger partial charge is 0.756 e. The van der Waals surface area contributed by atoms with Gasteiger partial charge in [0, 0.05) is 12.8 Å². The molecular weight excluding hydrogens is 1100 g/mol. The highest BCUT2D eigenvalue weighted by molar-refractivity contribution is 7.45. The minimum absolute atomic E-state index is 0.0191. The average Bonchev–Trinajstić information content (AvgIpc) is 3.70. The van der Waals surface area contributed by atoms with E-state index in [1.54, 1.807) is 0 Å². The Labute approximate surface area is 542 Å². The van der Waals surface area contributed by atoms with Gasteiger partial charge in [0.1, 0.15) is 19.3 Å². The fraction of sp³-hybridized carbons (Fsp3) is 0.896. The van der Waals surface area contributed by atoms with Crippen LogP contribution in [-0.4, -0.2) is 69.4 Å². The van der Waals surface area contributed by atoms with E-state index in [4.69, 9.17) is 13.8 Å². The molecule has 10 heteroatoms. The maximum atomic E-state index is 13.6. The number of amides is 1. The lowest BCUT2D eigenvalue weighted by molar-refractivity contribution is -0.870. The number of rotatable bonds is 71. The second-order valence-corrected chi connectivity index (χ2v) is 28.9. The summed E-state index contributed by atoms with van der Waals surface area (Å²) in [4.78, 5) is 40.2. The van der Waals surface area contributed by atoms with Crippen molar-refractivity contribution in [2.45, 2.75) is 405 Å². The number of ether oxygens (including phenoxy) is 1. The lowest BCUT2D eigenvalue weighted by atomic mass is 10.0. The Morgan fingerprint density at radius 1 is 0.402 bits per heavy atom. The zero-order valence-electron chi connectivity index (χ0n) is 59.0. The molecule has 0 aliphatic carbocycles. The molecule has 1 N–H and O–H groups in total. The number of hydrogen-bond acceptors (Lipinski definition) is 7. The molecule has 0 heterocycles. The molecule has 87 heavy (non-hydrogen) atoms. The molecule has 0 rings (SSSR count). The Balaban J connectivity index is 4.88. The van der Waals surface area contributed by atoms with Crippen LogP contribution in [0.25, 0.3) is 0 Å². The summed E-state index contributed by atoms with van der Waals surface area (Å²) in [6, 6.07) is -0.885. The molecule has 0 aromatic heterocycles. The van der Waals surface area contributed by atoms with Gasteiger partial charge in [-0.3, -0.25) is 14.2 Å². The second-order valence-electron chi connectivity index (χ2n) is 27.5. The Hall–Kier alpha value is -1.77. The van der Waals surface area contributed by atoms with E-state index in [0.717, 1.165) is 64.2 Å². The number of carbonyl (C=O) groups excluding carboxylic acids is 2. The van der Waals surface area contributed by atoms with Gasteiger partial charge in [0.05, 0.1) is 33.8 Å². The predicted molar refractivity (Wildman–Crippen MR) is 376 cm³/mol. The molecule has 0 saturated carbocycles. The molecule has 3 unspecified atom stereocenters. The number of nitrogens with zero attached hydrogens (tertiary/aromatic N) is 1. The number of likely N-dealkylation sites (N-methyl/N-ethyl adjacent to an activating group) is 1. The molecule has 0 aliphatic heterocycles. The number of allylic oxidation sites excluding steroid dienone is 5.